The largest absolute Gasteiger partial charge is 0.361 e. The van der Waals surface area contributed by atoms with Crippen molar-refractivity contribution in [2.45, 2.75) is 18.5 Å². The highest BCUT2D eigenvalue weighted by Crippen LogP contribution is 2.39. The van der Waals surface area contributed by atoms with Crippen molar-refractivity contribution in [3.05, 3.63) is 75.3 Å². The van der Waals surface area contributed by atoms with E-state index in [1.807, 2.05) is 47.0 Å². The molecular weight excluding hydrogens is 365 g/mol. The number of aromatic nitrogens is 3. The lowest BCUT2D eigenvalue weighted by molar-refractivity contribution is 0.0655. The maximum Gasteiger partial charge on any atom is 0.163 e. The van der Waals surface area contributed by atoms with Gasteiger partial charge in [0.15, 0.2) is 5.82 Å². The van der Waals surface area contributed by atoms with E-state index in [-0.39, 0.29) is 6.10 Å². The molecule has 1 unspecified atom stereocenters. The molecule has 0 aliphatic carbocycles. The summed E-state index contributed by atoms with van der Waals surface area (Å²) < 4.78 is 8.13. The van der Waals surface area contributed by atoms with Crippen molar-refractivity contribution in [1.29, 1.82) is 0 Å². The van der Waals surface area contributed by atoms with Gasteiger partial charge in [-0.25, -0.2) is 0 Å². The van der Waals surface area contributed by atoms with Crippen molar-refractivity contribution >= 4 is 35.8 Å². The first kappa shape index (κ1) is 16.0. The molecule has 0 saturated carbocycles. The molecule has 0 amide bonds. The zero-order valence-electron chi connectivity index (χ0n) is 12.5. The fourth-order valence-corrected chi connectivity index (χ4v) is 3.58. The first-order valence-electron chi connectivity index (χ1n) is 7.39. The van der Waals surface area contributed by atoms with Gasteiger partial charge in [-0.05, 0) is 24.3 Å². The summed E-state index contributed by atoms with van der Waals surface area (Å²) in [4.78, 5) is 0. The predicted molar refractivity (Wildman–Crippen MR) is 97.1 cm³/mol. The number of ether oxygens (including phenoxy) is 1. The van der Waals surface area contributed by atoms with E-state index in [1.165, 1.54) is 0 Å². The smallest absolute Gasteiger partial charge is 0.163 e. The number of hydrogen-bond donors (Lipinski definition) is 1. The first-order valence-corrected chi connectivity index (χ1v) is 8.77. The Hall–Kier alpha value is -1.53. The number of halogens is 2. The highest BCUT2D eigenvalue weighted by Gasteiger charge is 2.28. The molecule has 0 fully saturated rings. The number of nitrogens with zero attached hydrogens (tertiary/aromatic N) is 3. The molecular formula is C17H13Cl2N3OS. The summed E-state index contributed by atoms with van der Waals surface area (Å²) in [5, 5.41) is 9.72. The molecule has 122 valence electrons. The van der Waals surface area contributed by atoms with Gasteiger partial charge in [-0.3, -0.25) is 4.57 Å². The van der Waals surface area contributed by atoms with Crippen LogP contribution < -0.4 is 0 Å². The lowest BCUT2D eigenvalue weighted by Crippen LogP contribution is -2.07. The molecule has 1 atom stereocenters. The van der Waals surface area contributed by atoms with E-state index in [2.05, 4.69) is 22.8 Å². The Balaban J connectivity index is 1.96. The molecule has 7 heteroatoms. The van der Waals surface area contributed by atoms with Gasteiger partial charge in [-0.2, -0.15) is 12.6 Å². The van der Waals surface area contributed by atoms with Crippen LogP contribution in [-0.2, 0) is 17.1 Å². The van der Waals surface area contributed by atoms with Gasteiger partial charge in [0, 0.05) is 21.2 Å². The molecule has 0 radical (unpaired) electrons. The van der Waals surface area contributed by atoms with Crippen LogP contribution in [0.15, 0.2) is 42.5 Å². The van der Waals surface area contributed by atoms with Gasteiger partial charge in [-0.15, -0.1) is 10.2 Å². The molecule has 4 rings (SSSR count). The normalized spacial score (nSPS) is 16.4. The van der Waals surface area contributed by atoms with E-state index >= 15 is 0 Å². The van der Waals surface area contributed by atoms with Crippen LogP contribution in [0.2, 0.25) is 10.0 Å². The van der Waals surface area contributed by atoms with Crippen molar-refractivity contribution in [3.8, 4) is 5.69 Å². The number of fused-ring (bicyclic) bond motifs is 3. The average Bonchev–Trinajstić information content (AvgIpc) is 2.93. The van der Waals surface area contributed by atoms with E-state index in [0.29, 0.717) is 22.4 Å². The Bertz CT molecular complexity index is 913. The van der Waals surface area contributed by atoms with Crippen LogP contribution >= 0.6 is 35.8 Å². The second-order valence-corrected chi connectivity index (χ2v) is 6.60. The fourth-order valence-electron chi connectivity index (χ4n) is 2.96. The molecule has 2 aromatic carbocycles. The molecule has 2 heterocycles. The van der Waals surface area contributed by atoms with E-state index < -0.39 is 0 Å². The minimum atomic E-state index is -0.332. The van der Waals surface area contributed by atoms with Crippen LogP contribution in [0.4, 0.5) is 0 Å². The molecule has 4 nitrogen and oxygen atoms in total. The quantitative estimate of drug-likeness (QED) is 0.662. The Morgan fingerprint density at radius 2 is 1.96 bits per heavy atom. The van der Waals surface area contributed by atoms with E-state index in [0.717, 1.165) is 28.5 Å². The second-order valence-electron chi connectivity index (χ2n) is 5.44. The lowest BCUT2D eigenvalue weighted by Gasteiger charge is -2.20. The predicted octanol–water partition coefficient (Wildman–Crippen LogP) is 4.62. The summed E-state index contributed by atoms with van der Waals surface area (Å²) in [5.74, 6) is 1.98. The Kier molecular flexibility index (Phi) is 4.26. The zero-order chi connectivity index (χ0) is 16.7. The van der Waals surface area contributed by atoms with Gasteiger partial charge >= 0.3 is 0 Å². The summed E-state index contributed by atoms with van der Waals surface area (Å²) in [6, 6.07) is 13.4. The Morgan fingerprint density at radius 1 is 1.12 bits per heavy atom. The highest BCUT2D eigenvalue weighted by atomic mass is 35.5. The number of rotatable bonds is 2. The van der Waals surface area contributed by atoms with Crippen molar-refractivity contribution in [3.63, 3.8) is 0 Å². The van der Waals surface area contributed by atoms with Crippen LogP contribution in [0.1, 0.15) is 28.9 Å². The van der Waals surface area contributed by atoms with E-state index in [4.69, 9.17) is 27.9 Å². The molecule has 1 aromatic heterocycles. The topological polar surface area (TPSA) is 39.9 Å². The van der Waals surface area contributed by atoms with Gasteiger partial charge in [0.1, 0.15) is 18.5 Å². The highest BCUT2D eigenvalue weighted by molar-refractivity contribution is 7.79. The minimum absolute atomic E-state index is 0.322. The lowest BCUT2D eigenvalue weighted by atomic mass is 9.99. The summed E-state index contributed by atoms with van der Waals surface area (Å²) in [6.45, 7) is 0.322. The number of benzene rings is 2. The molecule has 0 saturated heterocycles. The monoisotopic (exact) mass is 377 g/mol. The number of thiol groups is 1. The maximum absolute atomic E-state index is 6.40. The fraction of sp³-hybridized carbons (Fsp3) is 0.176. The second kappa shape index (κ2) is 6.41. The maximum atomic E-state index is 6.40. The Morgan fingerprint density at radius 3 is 2.75 bits per heavy atom. The van der Waals surface area contributed by atoms with Gasteiger partial charge < -0.3 is 4.74 Å². The van der Waals surface area contributed by atoms with Crippen molar-refractivity contribution in [2.24, 2.45) is 0 Å². The van der Waals surface area contributed by atoms with Crippen LogP contribution in [0, 0.1) is 0 Å². The molecule has 0 N–H and O–H groups in total. The third-order valence-electron chi connectivity index (χ3n) is 4.02. The van der Waals surface area contributed by atoms with Gasteiger partial charge in [0.2, 0.25) is 0 Å². The van der Waals surface area contributed by atoms with Crippen LogP contribution in [0.25, 0.3) is 5.69 Å². The van der Waals surface area contributed by atoms with Gasteiger partial charge in [0.25, 0.3) is 0 Å². The minimum Gasteiger partial charge on any atom is -0.361 e. The number of hydrogen-bond acceptors (Lipinski definition) is 4. The molecule has 0 spiro atoms. The van der Waals surface area contributed by atoms with Crippen molar-refractivity contribution in [2.75, 3.05) is 0 Å². The summed E-state index contributed by atoms with van der Waals surface area (Å²) in [7, 11) is 0. The summed E-state index contributed by atoms with van der Waals surface area (Å²) in [5.41, 5.74) is 2.76. The van der Waals surface area contributed by atoms with Crippen LogP contribution in [0.3, 0.4) is 0 Å². The zero-order valence-corrected chi connectivity index (χ0v) is 14.9. The van der Waals surface area contributed by atoms with Gasteiger partial charge in [0.05, 0.1) is 11.4 Å². The molecule has 24 heavy (non-hydrogen) atoms. The molecule has 1 aliphatic heterocycles. The third-order valence-corrected chi connectivity index (χ3v) is 4.88. The van der Waals surface area contributed by atoms with Crippen molar-refractivity contribution < 1.29 is 4.74 Å². The molecule has 0 bridgehead atoms. The average molecular weight is 378 g/mol. The standard InChI is InChI=1S/C17H13Cl2N3OS/c18-10-5-6-14-12(7-10)17(11-3-1-2-4-13(11)19)23-8-15-20-21-16(9-24)22(14)15/h1-7,17,24H,8-9H2. The molecule has 3 aromatic rings. The van der Waals surface area contributed by atoms with E-state index in [1.54, 1.807) is 0 Å². The van der Waals surface area contributed by atoms with Gasteiger partial charge in [-0.1, -0.05) is 41.4 Å². The third kappa shape index (κ3) is 2.62. The molecule has 1 aliphatic rings. The summed E-state index contributed by atoms with van der Waals surface area (Å²) in [6.07, 6.45) is -0.332. The van der Waals surface area contributed by atoms with Crippen LogP contribution in [-0.4, -0.2) is 14.8 Å². The van der Waals surface area contributed by atoms with E-state index in [9.17, 15) is 0 Å². The Labute approximate surface area is 154 Å². The summed E-state index contributed by atoms with van der Waals surface area (Å²) >= 11 is 17.0. The van der Waals surface area contributed by atoms with Crippen molar-refractivity contribution in [1.82, 2.24) is 14.8 Å². The SMILES string of the molecule is SCc1nnc2n1-c1ccc(Cl)cc1C(c1ccccc1Cl)OC2. The van der Waals surface area contributed by atoms with Crippen LogP contribution in [0.5, 0.6) is 0 Å². The first-order chi connectivity index (χ1) is 11.7.